The number of fused-ring (bicyclic) bond motifs is 1. The molecule has 1 aliphatic heterocycles. The molecule has 0 bridgehead atoms. The van der Waals surface area contributed by atoms with Crippen LogP contribution in [0, 0.1) is 0 Å². The number of ketones is 2. The van der Waals surface area contributed by atoms with Crippen LogP contribution in [0.15, 0.2) is 60.7 Å². The second kappa shape index (κ2) is 10.3. The largest absolute Gasteiger partial charge is 0.379 e. The zero-order valence-corrected chi connectivity index (χ0v) is 17.6. The average Bonchev–Trinajstić information content (AvgIpc) is 3.26. The van der Waals surface area contributed by atoms with Gasteiger partial charge in [0.05, 0.1) is 19.6 Å². The monoisotopic (exact) mass is 413 g/mol. The predicted molar refractivity (Wildman–Crippen MR) is 124 cm³/mol. The maximum Gasteiger partial charge on any atom is 0.163 e. The number of ether oxygens (including phenoxy) is 1. The van der Waals surface area contributed by atoms with Crippen molar-refractivity contribution in [2.45, 2.75) is 19.4 Å². The first-order chi connectivity index (χ1) is 15.2. The number of benzene rings is 2. The molecule has 2 aliphatic rings. The molecule has 158 valence electrons. The Morgan fingerprint density at radius 1 is 0.903 bits per heavy atom. The van der Waals surface area contributed by atoms with Gasteiger partial charge < -0.3 is 4.74 Å². The number of hydrogen-bond donors (Lipinski definition) is 0. The smallest absolute Gasteiger partial charge is 0.163 e. The minimum absolute atomic E-state index is 0.116. The SMILES string of the molecule is O=C(/C=C/c1ccc(CN2CCOCC2)cc1)CC(=O)/C=C/c1ccc2c(c1)CC=C2. The fraction of sp³-hybridized carbons (Fsp3) is 0.259. The summed E-state index contributed by atoms with van der Waals surface area (Å²) < 4.78 is 5.38. The number of hydrogen-bond acceptors (Lipinski definition) is 4. The van der Waals surface area contributed by atoms with Crippen LogP contribution in [0.2, 0.25) is 0 Å². The maximum absolute atomic E-state index is 12.2. The molecule has 0 amide bonds. The van der Waals surface area contributed by atoms with E-state index in [0.29, 0.717) is 0 Å². The molecule has 4 heteroatoms. The van der Waals surface area contributed by atoms with Crippen molar-refractivity contribution in [3.63, 3.8) is 0 Å². The number of nitrogens with zero attached hydrogens (tertiary/aromatic N) is 1. The van der Waals surface area contributed by atoms with Gasteiger partial charge in [0.25, 0.3) is 0 Å². The third-order valence-electron chi connectivity index (χ3n) is 5.56. The molecule has 1 aliphatic carbocycles. The molecule has 2 aromatic rings. The van der Waals surface area contributed by atoms with E-state index in [9.17, 15) is 9.59 Å². The molecule has 0 atom stereocenters. The zero-order chi connectivity index (χ0) is 21.5. The van der Waals surface area contributed by atoms with E-state index in [0.717, 1.165) is 50.4 Å². The molecule has 0 unspecified atom stereocenters. The van der Waals surface area contributed by atoms with Crippen molar-refractivity contribution in [3.05, 3.63) is 88.5 Å². The summed E-state index contributed by atoms with van der Waals surface area (Å²) in [5.41, 5.74) is 5.68. The highest BCUT2D eigenvalue weighted by Crippen LogP contribution is 2.21. The van der Waals surface area contributed by atoms with Gasteiger partial charge in [-0.2, -0.15) is 0 Å². The molecule has 1 saturated heterocycles. The van der Waals surface area contributed by atoms with Crippen molar-refractivity contribution in [3.8, 4) is 0 Å². The average molecular weight is 414 g/mol. The Balaban J connectivity index is 1.25. The van der Waals surface area contributed by atoms with Crippen LogP contribution < -0.4 is 0 Å². The molecule has 0 radical (unpaired) electrons. The summed E-state index contributed by atoms with van der Waals surface area (Å²) in [7, 11) is 0. The van der Waals surface area contributed by atoms with Gasteiger partial charge in [-0.15, -0.1) is 0 Å². The lowest BCUT2D eigenvalue weighted by molar-refractivity contribution is -0.121. The van der Waals surface area contributed by atoms with Crippen molar-refractivity contribution in [1.82, 2.24) is 4.90 Å². The molecule has 1 fully saturated rings. The van der Waals surface area contributed by atoms with Crippen LogP contribution >= 0.6 is 0 Å². The van der Waals surface area contributed by atoms with Crippen molar-refractivity contribution in [2.75, 3.05) is 26.3 Å². The zero-order valence-electron chi connectivity index (χ0n) is 17.6. The van der Waals surface area contributed by atoms with Crippen LogP contribution in [0.4, 0.5) is 0 Å². The van der Waals surface area contributed by atoms with E-state index in [1.54, 1.807) is 12.2 Å². The van der Waals surface area contributed by atoms with Gasteiger partial charge in [0.15, 0.2) is 11.6 Å². The van der Waals surface area contributed by atoms with Gasteiger partial charge in [-0.05, 0) is 46.4 Å². The second-order valence-electron chi connectivity index (χ2n) is 7.97. The lowest BCUT2D eigenvalue weighted by atomic mass is 10.0. The van der Waals surface area contributed by atoms with Crippen LogP contribution in [0.1, 0.15) is 34.2 Å². The van der Waals surface area contributed by atoms with E-state index in [1.807, 2.05) is 18.2 Å². The Bertz CT molecular complexity index is 1020. The van der Waals surface area contributed by atoms with Crippen LogP contribution in [0.5, 0.6) is 0 Å². The molecule has 0 spiro atoms. The first kappa shape index (κ1) is 21.2. The molecule has 0 N–H and O–H groups in total. The van der Waals surface area contributed by atoms with Gasteiger partial charge in [0.1, 0.15) is 0 Å². The van der Waals surface area contributed by atoms with Gasteiger partial charge in [-0.3, -0.25) is 14.5 Å². The quantitative estimate of drug-likeness (QED) is 0.477. The van der Waals surface area contributed by atoms with Crippen molar-refractivity contribution in [1.29, 1.82) is 0 Å². The summed E-state index contributed by atoms with van der Waals surface area (Å²) >= 11 is 0. The third kappa shape index (κ3) is 6.20. The first-order valence-corrected chi connectivity index (χ1v) is 10.8. The second-order valence-corrected chi connectivity index (χ2v) is 7.97. The normalized spacial score (nSPS) is 16.3. The predicted octanol–water partition coefficient (Wildman–Crippen LogP) is 4.34. The summed E-state index contributed by atoms with van der Waals surface area (Å²) in [6, 6.07) is 14.3. The minimum atomic E-state index is -0.190. The number of carbonyl (C=O) groups excluding carboxylic acids is 2. The summed E-state index contributed by atoms with van der Waals surface area (Å²) in [6.07, 6.45) is 11.6. The van der Waals surface area contributed by atoms with E-state index in [4.69, 9.17) is 4.74 Å². The van der Waals surface area contributed by atoms with Gasteiger partial charge in [0, 0.05) is 19.6 Å². The summed E-state index contributed by atoms with van der Waals surface area (Å²) in [5, 5.41) is 0. The Morgan fingerprint density at radius 2 is 1.58 bits per heavy atom. The molecule has 0 saturated carbocycles. The molecule has 4 nitrogen and oxygen atoms in total. The Hall–Kier alpha value is -3.08. The standard InChI is InChI=1S/C27H27NO3/c29-26(19-27(30)13-10-22-8-11-24-2-1-3-25(24)18-22)12-9-21-4-6-23(7-5-21)20-28-14-16-31-17-15-28/h1-2,4-13,18H,3,14-17,19-20H2/b12-9+,13-10+. The van der Waals surface area contributed by atoms with E-state index in [2.05, 4.69) is 41.3 Å². The molecular weight excluding hydrogens is 386 g/mol. The topological polar surface area (TPSA) is 46.6 Å². The van der Waals surface area contributed by atoms with Crippen LogP contribution in [0.3, 0.4) is 0 Å². The molecule has 1 heterocycles. The summed E-state index contributed by atoms with van der Waals surface area (Å²) in [4.78, 5) is 26.7. The van der Waals surface area contributed by atoms with Gasteiger partial charge >= 0.3 is 0 Å². The highest BCUT2D eigenvalue weighted by atomic mass is 16.5. The van der Waals surface area contributed by atoms with E-state index in [-0.39, 0.29) is 18.0 Å². The van der Waals surface area contributed by atoms with E-state index in [1.165, 1.54) is 28.8 Å². The third-order valence-corrected chi connectivity index (χ3v) is 5.56. The summed E-state index contributed by atoms with van der Waals surface area (Å²) in [5.74, 6) is -0.376. The van der Waals surface area contributed by atoms with Gasteiger partial charge in [-0.25, -0.2) is 0 Å². The van der Waals surface area contributed by atoms with Crippen molar-refractivity contribution < 1.29 is 14.3 Å². The van der Waals surface area contributed by atoms with Crippen LogP contribution in [-0.4, -0.2) is 42.8 Å². The number of morpholine rings is 1. The number of allylic oxidation sites excluding steroid dienone is 3. The van der Waals surface area contributed by atoms with Crippen LogP contribution in [0.25, 0.3) is 18.2 Å². The Labute approximate surface area is 183 Å². The first-order valence-electron chi connectivity index (χ1n) is 10.8. The van der Waals surface area contributed by atoms with E-state index < -0.39 is 0 Å². The van der Waals surface area contributed by atoms with E-state index >= 15 is 0 Å². The van der Waals surface area contributed by atoms with Crippen LogP contribution in [-0.2, 0) is 27.3 Å². The highest BCUT2D eigenvalue weighted by molar-refractivity contribution is 6.10. The maximum atomic E-state index is 12.2. The molecule has 2 aromatic carbocycles. The van der Waals surface area contributed by atoms with Crippen molar-refractivity contribution >= 4 is 29.8 Å². The molecular formula is C27H27NO3. The molecule has 31 heavy (non-hydrogen) atoms. The fourth-order valence-corrected chi connectivity index (χ4v) is 3.80. The van der Waals surface area contributed by atoms with Crippen molar-refractivity contribution in [2.24, 2.45) is 0 Å². The number of carbonyl (C=O) groups is 2. The lowest BCUT2D eigenvalue weighted by Crippen LogP contribution is -2.35. The fourth-order valence-electron chi connectivity index (χ4n) is 3.80. The Kier molecular flexibility index (Phi) is 7.03. The van der Waals surface area contributed by atoms with Gasteiger partial charge in [0.2, 0.25) is 0 Å². The number of rotatable bonds is 8. The lowest BCUT2D eigenvalue weighted by Gasteiger charge is -2.26. The minimum Gasteiger partial charge on any atom is -0.379 e. The molecule has 4 rings (SSSR count). The molecule has 0 aromatic heterocycles. The van der Waals surface area contributed by atoms with Gasteiger partial charge in [-0.1, -0.05) is 66.8 Å². The highest BCUT2D eigenvalue weighted by Gasteiger charge is 2.10. The Morgan fingerprint density at radius 3 is 2.32 bits per heavy atom. The summed E-state index contributed by atoms with van der Waals surface area (Å²) in [6.45, 7) is 4.42.